The first kappa shape index (κ1) is 29.5. The number of benzene rings is 2. The van der Waals surface area contributed by atoms with Crippen LogP contribution in [0.2, 0.25) is 5.02 Å². The molecule has 4 aromatic rings. The molecule has 7 rings (SSSR count). The fourth-order valence-corrected chi connectivity index (χ4v) is 7.42. The molecular formula is C34H35ClFN7O2. The first-order chi connectivity index (χ1) is 21.8. The summed E-state index contributed by atoms with van der Waals surface area (Å²) in [4.78, 5) is 28.4. The number of fused-ring (bicyclic) bond motifs is 4. The largest absolute Gasteiger partial charge is 0.493 e. The number of piperidine rings is 1. The van der Waals surface area contributed by atoms with E-state index in [2.05, 4.69) is 41.1 Å². The third kappa shape index (κ3) is 4.89. The summed E-state index contributed by atoms with van der Waals surface area (Å²) in [6.45, 7) is 6.20. The fourth-order valence-electron chi connectivity index (χ4n) is 7.12. The molecule has 0 N–H and O–H groups in total. The van der Waals surface area contributed by atoms with Crippen LogP contribution >= 0.6 is 11.6 Å². The van der Waals surface area contributed by atoms with Crippen LogP contribution in [0.5, 0.6) is 5.75 Å². The molecule has 3 aliphatic rings. The highest BCUT2D eigenvalue weighted by atomic mass is 35.5. The van der Waals surface area contributed by atoms with Crippen molar-refractivity contribution in [2.24, 2.45) is 0 Å². The van der Waals surface area contributed by atoms with Gasteiger partial charge in [-0.25, -0.2) is 14.4 Å². The number of imidazole rings is 1. The van der Waals surface area contributed by atoms with E-state index in [0.29, 0.717) is 60.1 Å². The molecule has 0 unspecified atom stereocenters. The number of anilines is 1. The molecule has 0 spiro atoms. The number of hydrogen-bond donors (Lipinski definition) is 0. The van der Waals surface area contributed by atoms with E-state index in [-0.39, 0.29) is 40.5 Å². The summed E-state index contributed by atoms with van der Waals surface area (Å²) in [7, 11) is 4.11. The highest BCUT2D eigenvalue weighted by Crippen LogP contribution is 2.45. The number of pyridine rings is 1. The van der Waals surface area contributed by atoms with Crippen LogP contribution in [0.1, 0.15) is 37.3 Å². The Morgan fingerprint density at radius 2 is 2.13 bits per heavy atom. The van der Waals surface area contributed by atoms with Crippen LogP contribution < -0.4 is 9.64 Å². The van der Waals surface area contributed by atoms with Crippen molar-refractivity contribution in [2.45, 2.75) is 50.2 Å². The van der Waals surface area contributed by atoms with E-state index in [0.717, 1.165) is 37.0 Å². The predicted octanol–water partition coefficient (Wildman–Crippen LogP) is 5.75. The summed E-state index contributed by atoms with van der Waals surface area (Å²) in [5.74, 6) is 0.647. The van der Waals surface area contributed by atoms with E-state index in [9.17, 15) is 10.1 Å². The molecule has 9 nitrogen and oxygen atoms in total. The predicted molar refractivity (Wildman–Crippen MR) is 173 cm³/mol. The molecule has 2 fully saturated rings. The molecule has 0 radical (unpaired) electrons. The Balaban J connectivity index is 1.41. The third-order valence-electron chi connectivity index (χ3n) is 9.63. The molecule has 2 saturated heterocycles. The molecule has 2 aromatic carbocycles. The van der Waals surface area contributed by atoms with Crippen LogP contribution in [0.25, 0.3) is 33.1 Å². The smallest absolute Gasteiger partial charge is 0.246 e. The molecule has 11 heteroatoms. The number of aromatic nitrogens is 3. The first-order valence-electron chi connectivity index (χ1n) is 15.4. The number of halogens is 2. The number of nitriles is 1. The van der Waals surface area contributed by atoms with Crippen molar-refractivity contribution in [3.8, 4) is 22.9 Å². The van der Waals surface area contributed by atoms with Gasteiger partial charge in [-0.1, -0.05) is 36.4 Å². The van der Waals surface area contributed by atoms with E-state index < -0.39 is 5.82 Å². The normalized spacial score (nSPS) is 20.2. The van der Waals surface area contributed by atoms with E-state index in [1.165, 1.54) is 6.08 Å². The van der Waals surface area contributed by atoms with Crippen molar-refractivity contribution in [1.82, 2.24) is 24.3 Å². The highest BCUT2D eigenvalue weighted by Gasteiger charge is 2.36. The number of carbonyl (C=O) groups excluding carboxylic acids is 1. The van der Waals surface area contributed by atoms with Crippen LogP contribution in [0, 0.1) is 17.1 Å². The van der Waals surface area contributed by atoms with Crippen LogP contribution in [-0.2, 0) is 11.2 Å². The number of carbonyl (C=O) groups is 1. The number of ether oxygens (including phenoxy) is 1. The van der Waals surface area contributed by atoms with E-state index in [4.69, 9.17) is 26.3 Å². The Morgan fingerprint density at radius 1 is 1.31 bits per heavy atom. The molecule has 232 valence electrons. The lowest BCUT2D eigenvalue weighted by Crippen LogP contribution is -2.57. The van der Waals surface area contributed by atoms with Crippen LogP contribution in [-0.4, -0.2) is 82.7 Å². The fraction of sp³-hybridized carbons (Fsp3) is 0.412. The summed E-state index contributed by atoms with van der Waals surface area (Å²) in [6.07, 6.45) is 6.30. The second-order valence-electron chi connectivity index (χ2n) is 12.4. The van der Waals surface area contributed by atoms with Gasteiger partial charge in [-0.2, -0.15) is 5.26 Å². The molecular weight excluding hydrogens is 593 g/mol. The molecule has 2 aromatic heterocycles. The summed E-state index contributed by atoms with van der Waals surface area (Å²) in [6, 6.07) is 9.86. The molecule has 0 bridgehead atoms. The van der Waals surface area contributed by atoms with Gasteiger partial charge in [0.15, 0.2) is 11.6 Å². The van der Waals surface area contributed by atoms with Gasteiger partial charge in [0.1, 0.15) is 16.8 Å². The number of amides is 1. The molecule has 3 aliphatic heterocycles. The maximum Gasteiger partial charge on any atom is 0.246 e. The lowest BCUT2D eigenvalue weighted by atomic mass is 9.94. The van der Waals surface area contributed by atoms with Crippen LogP contribution in [0.3, 0.4) is 0 Å². The van der Waals surface area contributed by atoms with Crippen molar-refractivity contribution >= 4 is 45.3 Å². The summed E-state index contributed by atoms with van der Waals surface area (Å²) in [5, 5.41) is 10.4. The zero-order chi connectivity index (χ0) is 31.4. The van der Waals surface area contributed by atoms with Gasteiger partial charge in [0.05, 0.1) is 36.0 Å². The van der Waals surface area contributed by atoms with Crippen molar-refractivity contribution in [1.29, 1.82) is 5.26 Å². The summed E-state index contributed by atoms with van der Waals surface area (Å²) in [5.41, 5.74) is 3.62. The minimum absolute atomic E-state index is 0.0670. The van der Waals surface area contributed by atoms with Gasteiger partial charge < -0.3 is 24.0 Å². The number of nitrogens with zero attached hydrogens (tertiary/aromatic N) is 7. The Kier molecular flexibility index (Phi) is 7.62. The van der Waals surface area contributed by atoms with Gasteiger partial charge in [0, 0.05) is 54.3 Å². The molecule has 0 saturated carbocycles. The topological polar surface area (TPSA) is 90.5 Å². The SMILES string of the molecule is C=CC(=O)N1CC[C@H](n2cnc3c(N4CC(N(C)C)C4)nc4c(F)c(-c5cccc6c5OCCC6)c(Cl)cc4c32)C[C@H]1CC#N. The first-order valence-corrected chi connectivity index (χ1v) is 15.8. The molecule has 1 amide bonds. The maximum atomic E-state index is 17.0. The summed E-state index contributed by atoms with van der Waals surface area (Å²) < 4.78 is 25.1. The number of rotatable bonds is 6. The lowest BCUT2D eigenvalue weighted by Gasteiger charge is -2.43. The van der Waals surface area contributed by atoms with Gasteiger partial charge in [-0.15, -0.1) is 0 Å². The zero-order valence-electron chi connectivity index (χ0n) is 25.5. The standard InChI is InChI=1S/C34H35ClFN7O2/c1-4-27(44)42-13-11-22(15-21(42)10-12-37)43-19-38-31-32(43)25-16-26(35)28(24-9-5-7-20-8-6-14-45-33(20)24)29(36)30(25)39-34(31)41-17-23(18-41)40(2)3/h4-5,7,9,16,19,21-23H,1,6,8,10-11,13-15,17-18H2,2-3H3/t21-,22+/m1/s1. The van der Waals surface area contributed by atoms with Crippen LogP contribution in [0.4, 0.5) is 10.2 Å². The second kappa shape index (κ2) is 11.6. The minimum Gasteiger partial charge on any atom is -0.493 e. The number of para-hydroxylation sites is 1. The van der Waals surface area contributed by atoms with E-state index >= 15 is 4.39 Å². The molecule has 45 heavy (non-hydrogen) atoms. The Labute approximate surface area is 266 Å². The second-order valence-corrected chi connectivity index (χ2v) is 12.8. The van der Waals surface area contributed by atoms with Gasteiger partial charge in [-0.3, -0.25) is 4.79 Å². The van der Waals surface area contributed by atoms with Gasteiger partial charge >= 0.3 is 0 Å². The van der Waals surface area contributed by atoms with Crippen molar-refractivity contribution < 1.29 is 13.9 Å². The van der Waals surface area contributed by atoms with Crippen molar-refractivity contribution in [3.05, 3.63) is 59.7 Å². The highest BCUT2D eigenvalue weighted by molar-refractivity contribution is 6.35. The van der Waals surface area contributed by atoms with Crippen molar-refractivity contribution in [3.63, 3.8) is 0 Å². The quantitative estimate of drug-likeness (QED) is 0.251. The number of likely N-dealkylation sites (tertiary alicyclic amines) is 1. The van der Waals surface area contributed by atoms with Crippen LogP contribution in [0.15, 0.2) is 43.2 Å². The van der Waals surface area contributed by atoms with Crippen molar-refractivity contribution in [2.75, 3.05) is 45.2 Å². The average molecular weight is 628 g/mol. The molecule has 0 aliphatic carbocycles. The van der Waals surface area contributed by atoms with E-state index in [1.54, 1.807) is 17.3 Å². The number of aryl methyl sites for hydroxylation is 1. The summed E-state index contributed by atoms with van der Waals surface area (Å²) >= 11 is 6.96. The Hall–Kier alpha value is -4.20. The number of hydrogen-bond acceptors (Lipinski definition) is 7. The minimum atomic E-state index is -0.491. The van der Waals surface area contributed by atoms with Gasteiger partial charge in [0.25, 0.3) is 0 Å². The zero-order valence-corrected chi connectivity index (χ0v) is 26.2. The van der Waals surface area contributed by atoms with Gasteiger partial charge in [0.2, 0.25) is 5.91 Å². The average Bonchev–Trinajstić information content (AvgIpc) is 3.46. The number of likely N-dealkylation sites (N-methyl/N-ethyl adjacent to an activating group) is 1. The lowest BCUT2D eigenvalue weighted by molar-refractivity contribution is -0.130. The van der Waals surface area contributed by atoms with Gasteiger partial charge in [-0.05, 0) is 57.5 Å². The Morgan fingerprint density at radius 3 is 2.89 bits per heavy atom. The maximum absolute atomic E-state index is 17.0. The van der Waals surface area contributed by atoms with E-state index in [1.807, 2.05) is 18.2 Å². The monoisotopic (exact) mass is 627 g/mol. The Bertz CT molecular complexity index is 1880. The molecule has 5 heterocycles. The molecule has 2 atom stereocenters. The third-order valence-corrected chi connectivity index (χ3v) is 9.93.